The summed E-state index contributed by atoms with van der Waals surface area (Å²) in [6.07, 6.45) is 7.60. The number of nitrogens with one attached hydrogen (secondary N) is 1. The second kappa shape index (κ2) is 3.52. The quantitative estimate of drug-likeness (QED) is 0.734. The average molecular weight is 163 g/mol. The van der Waals surface area contributed by atoms with Crippen molar-refractivity contribution in [1.82, 2.24) is 9.97 Å². The largest absolute Gasteiger partial charge is 0.354 e. The van der Waals surface area contributed by atoms with E-state index < -0.39 is 0 Å². The first kappa shape index (κ1) is 7.53. The highest BCUT2D eigenvalue weighted by Gasteiger charge is 2.20. The number of rotatable bonds is 4. The van der Waals surface area contributed by atoms with Crippen molar-refractivity contribution in [3.63, 3.8) is 0 Å². The highest BCUT2D eigenvalue weighted by Crippen LogP contribution is 2.31. The van der Waals surface area contributed by atoms with Crippen LogP contribution in [-0.4, -0.2) is 16.5 Å². The number of aromatic nitrogens is 2. The van der Waals surface area contributed by atoms with Crippen molar-refractivity contribution in [2.75, 3.05) is 11.9 Å². The van der Waals surface area contributed by atoms with Crippen LogP contribution in [0.4, 0.5) is 5.95 Å². The van der Waals surface area contributed by atoms with Gasteiger partial charge in [-0.1, -0.05) is 12.8 Å². The summed E-state index contributed by atoms with van der Waals surface area (Å²) in [6.45, 7) is 1.01. The molecule has 0 unspecified atom stereocenters. The molecule has 0 radical (unpaired) electrons. The third-order valence-corrected chi connectivity index (χ3v) is 2.10. The van der Waals surface area contributed by atoms with E-state index in [1.807, 2.05) is 6.07 Å². The van der Waals surface area contributed by atoms with E-state index in [1.165, 1.54) is 19.3 Å². The molecule has 0 spiro atoms. The van der Waals surface area contributed by atoms with Gasteiger partial charge in [0.2, 0.25) is 5.95 Å². The van der Waals surface area contributed by atoms with Gasteiger partial charge in [0.1, 0.15) is 0 Å². The molecule has 1 fully saturated rings. The van der Waals surface area contributed by atoms with Crippen LogP contribution in [0.5, 0.6) is 0 Å². The molecule has 0 aromatic carbocycles. The van der Waals surface area contributed by atoms with Crippen LogP contribution in [0.15, 0.2) is 18.5 Å². The molecule has 1 aliphatic carbocycles. The van der Waals surface area contributed by atoms with E-state index in [9.17, 15) is 0 Å². The molecule has 12 heavy (non-hydrogen) atoms. The topological polar surface area (TPSA) is 37.8 Å². The molecule has 64 valence electrons. The number of hydrogen-bond donors (Lipinski definition) is 1. The second-order valence-corrected chi connectivity index (χ2v) is 3.23. The zero-order chi connectivity index (χ0) is 8.23. The molecule has 0 amide bonds. The summed E-state index contributed by atoms with van der Waals surface area (Å²) in [6, 6.07) is 1.83. The molecular formula is C9H13N3. The zero-order valence-corrected chi connectivity index (χ0v) is 7.03. The Kier molecular flexibility index (Phi) is 2.21. The summed E-state index contributed by atoms with van der Waals surface area (Å²) >= 11 is 0. The smallest absolute Gasteiger partial charge is 0.222 e. The highest BCUT2D eigenvalue weighted by molar-refractivity contribution is 5.21. The summed E-state index contributed by atoms with van der Waals surface area (Å²) in [5.41, 5.74) is 0. The Labute approximate surface area is 72.2 Å². The summed E-state index contributed by atoms with van der Waals surface area (Å²) in [7, 11) is 0. The minimum atomic E-state index is 0.748. The van der Waals surface area contributed by atoms with Crippen LogP contribution in [0.2, 0.25) is 0 Å². The van der Waals surface area contributed by atoms with Crippen LogP contribution < -0.4 is 5.32 Å². The summed E-state index contributed by atoms with van der Waals surface area (Å²) in [4.78, 5) is 8.15. The fourth-order valence-corrected chi connectivity index (χ4v) is 1.19. The first-order valence-electron chi connectivity index (χ1n) is 4.46. The monoisotopic (exact) mass is 163 g/mol. The summed E-state index contributed by atoms with van der Waals surface area (Å²) < 4.78 is 0. The Morgan fingerprint density at radius 2 is 2.08 bits per heavy atom. The van der Waals surface area contributed by atoms with Gasteiger partial charge in [-0.05, 0) is 18.4 Å². The van der Waals surface area contributed by atoms with Gasteiger partial charge < -0.3 is 5.32 Å². The molecule has 1 aromatic heterocycles. The maximum atomic E-state index is 4.07. The van der Waals surface area contributed by atoms with Gasteiger partial charge in [-0.3, -0.25) is 0 Å². The fraction of sp³-hybridized carbons (Fsp3) is 0.556. The molecule has 3 heteroatoms. The minimum absolute atomic E-state index is 0.748. The molecule has 0 aliphatic heterocycles. The van der Waals surface area contributed by atoms with Gasteiger partial charge in [0.05, 0.1) is 0 Å². The maximum Gasteiger partial charge on any atom is 0.222 e. The van der Waals surface area contributed by atoms with Crippen LogP contribution in [0.3, 0.4) is 0 Å². The Morgan fingerprint density at radius 1 is 1.33 bits per heavy atom. The van der Waals surface area contributed by atoms with Gasteiger partial charge in [0, 0.05) is 18.9 Å². The predicted octanol–water partition coefficient (Wildman–Crippen LogP) is 1.69. The molecule has 1 aliphatic rings. The Bertz CT molecular complexity index is 231. The van der Waals surface area contributed by atoms with Gasteiger partial charge in [0.25, 0.3) is 0 Å². The standard InChI is InChI=1S/C9H13N3/c1-5-10-9(11-6-1)12-7-4-8-2-3-8/h1,5-6,8H,2-4,7H2,(H,10,11,12). The minimum Gasteiger partial charge on any atom is -0.354 e. The van der Waals surface area contributed by atoms with E-state index in [0.717, 1.165) is 18.4 Å². The molecular weight excluding hydrogens is 150 g/mol. The normalized spacial score (nSPS) is 16.0. The molecule has 1 saturated carbocycles. The molecule has 2 rings (SSSR count). The zero-order valence-electron chi connectivity index (χ0n) is 7.03. The van der Waals surface area contributed by atoms with Crippen LogP contribution in [0.1, 0.15) is 19.3 Å². The fourth-order valence-electron chi connectivity index (χ4n) is 1.19. The van der Waals surface area contributed by atoms with Crippen molar-refractivity contribution in [2.45, 2.75) is 19.3 Å². The van der Waals surface area contributed by atoms with E-state index in [0.29, 0.717) is 0 Å². The lowest BCUT2D eigenvalue weighted by Gasteiger charge is -2.01. The van der Waals surface area contributed by atoms with Crippen molar-refractivity contribution in [3.05, 3.63) is 18.5 Å². The molecule has 3 nitrogen and oxygen atoms in total. The van der Waals surface area contributed by atoms with E-state index >= 15 is 0 Å². The number of hydrogen-bond acceptors (Lipinski definition) is 3. The lowest BCUT2D eigenvalue weighted by molar-refractivity contribution is 0.755. The van der Waals surface area contributed by atoms with Crippen molar-refractivity contribution in [2.24, 2.45) is 5.92 Å². The van der Waals surface area contributed by atoms with Crippen molar-refractivity contribution >= 4 is 5.95 Å². The van der Waals surface area contributed by atoms with Crippen LogP contribution in [0.25, 0.3) is 0 Å². The van der Waals surface area contributed by atoms with Crippen LogP contribution in [-0.2, 0) is 0 Å². The van der Waals surface area contributed by atoms with Crippen LogP contribution >= 0.6 is 0 Å². The first-order valence-corrected chi connectivity index (χ1v) is 4.46. The van der Waals surface area contributed by atoms with Gasteiger partial charge in [0.15, 0.2) is 0 Å². The van der Waals surface area contributed by atoms with Crippen LogP contribution in [0, 0.1) is 5.92 Å². The third-order valence-electron chi connectivity index (χ3n) is 2.10. The molecule has 0 atom stereocenters. The van der Waals surface area contributed by atoms with E-state index in [-0.39, 0.29) is 0 Å². The summed E-state index contributed by atoms with van der Waals surface area (Å²) in [5, 5.41) is 3.19. The second-order valence-electron chi connectivity index (χ2n) is 3.23. The molecule has 1 heterocycles. The lowest BCUT2D eigenvalue weighted by Crippen LogP contribution is -2.05. The molecule has 0 saturated heterocycles. The van der Waals surface area contributed by atoms with Crippen molar-refractivity contribution in [1.29, 1.82) is 0 Å². The highest BCUT2D eigenvalue weighted by atomic mass is 15.1. The predicted molar refractivity (Wildman–Crippen MR) is 47.9 cm³/mol. The summed E-state index contributed by atoms with van der Waals surface area (Å²) in [5.74, 6) is 1.72. The van der Waals surface area contributed by atoms with Crippen molar-refractivity contribution < 1.29 is 0 Å². The molecule has 1 N–H and O–H groups in total. The Balaban J connectivity index is 1.72. The molecule has 0 bridgehead atoms. The molecule has 1 aromatic rings. The van der Waals surface area contributed by atoms with Gasteiger partial charge in [-0.2, -0.15) is 0 Å². The lowest BCUT2D eigenvalue weighted by atomic mass is 10.3. The van der Waals surface area contributed by atoms with E-state index in [4.69, 9.17) is 0 Å². The maximum absolute atomic E-state index is 4.07. The average Bonchev–Trinajstić information content (AvgIpc) is 2.90. The third kappa shape index (κ3) is 2.19. The first-order chi connectivity index (χ1) is 5.95. The van der Waals surface area contributed by atoms with E-state index in [2.05, 4.69) is 15.3 Å². The van der Waals surface area contributed by atoms with Gasteiger partial charge in [-0.25, -0.2) is 9.97 Å². The Hall–Kier alpha value is -1.12. The SMILES string of the molecule is c1cnc(NCCC2CC2)nc1. The van der Waals surface area contributed by atoms with Gasteiger partial charge >= 0.3 is 0 Å². The van der Waals surface area contributed by atoms with Gasteiger partial charge in [-0.15, -0.1) is 0 Å². The number of anilines is 1. The number of nitrogens with zero attached hydrogens (tertiary/aromatic N) is 2. The van der Waals surface area contributed by atoms with Crippen molar-refractivity contribution in [3.8, 4) is 0 Å². The van der Waals surface area contributed by atoms with E-state index in [1.54, 1.807) is 12.4 Å². The Morgan fingerprint density at radius 3 is 2.75 bits per heavy atom.